The SMILES string of the molecule is O=C(CCl)c1ccc([N+](=O)[O-])c(F)c1F. The summed E-state index contributed by atoms with van der Waals surface area (Å²) < 4.78 is 26.1. The van der Waals surface area contributed by atoms with Crippen LogP contribution in [0.25, 0.3) is 0 Å². The lowest BCUT2D eigenvalue weighted by Crippen LogP contribution is -2.07. The molecule has 1 aromatic rings. The van der Waals surface area contributed by atoms with Gasteiger partial charge >= 0.3 is 5.69 Å². The second kappa shape index (κ2) is 4.31. The zero-order chi connectivity index (χ0) is 11.6. The fraction of sp³-hybridized carbons (Fsp3) is 0.125. The Kier molecular flexibility index (Phi) is 3.31. The summed E-state index contributed by atoms with van der Waals surface area (Å²) in [4.78, 5) is 20.1. The number of nitro benzene ring substituents is 1. The lowest BCUT2D eigenvalue weighted by Gasteiger charge is -2.00. The molecule has 1 rings (SSSR count). The highest BCUT2D eigenvalue weighted by atomic mass is 35.5. The Morgan fingerprint density at radius 2 is 2.00 bits per heavy atom. The molecular weight excluding hydrogens is 232 g/mol. The summed E-state index contributed by atoms with van der Waals surface area (Å²) in [6.45, 7) is 0. The first-order valence-electron chi connectivity index (χ1n) is 3.70. The molecular formula is C8H4ClF2NO3. The van der Waals surface area contributed by atoms with Crippen LogP contribution < -0.4 is 0 Å². The van der Waals surface area contributed by atoms with E-state index < -0.39 is 39.5 Å². The van der Waals surface area contributed by atoms with Crippen LogP contribution in [0.4, 0.5) is 14.5 Å². The molecule has 0 amide bonds. The number of hydrogen-bond donors (Lipinski definition) is 0. The Morgan fingerprint density at radius 3 is 2.47 bits per heavy atom. The zero-order valence-corrected chi connectivity index (χ0v) is 7.92. The van der Waals surface area contributed by atoms with Crippen molar-refractivity contribution in [1.29, 1.82) is 0 Å². The predicted molar refractivity (Wildman–Crippen MR) is 48.1 cm³/mol. The van der Waals surface area contributed by atoms with Gasteiger partial charge in [-0.3, -0.25) is 14.9 Å². The molecule has 0 bridgehead atoms. The number of alkyl halides is 1. The van der Waals surface area contributed by atoms with E-state index in [1.807, 2.05) is 0 Å². The molecule has 0 saturated carbocycles. The Balaban J connectivity index is 3.33. The lowest BCUT2D eigenvalue weighted by molar-refractivity contribution is -0.387. The topological polar surface area (TPSA) is 60.2 Å². The highest BCUT2D eigenvalue weighted by molar-refractivity contribution is 6.30. The van der Waals surface area contributed by atoms with Crippen LogP contribution in [-0.2, 0) is 0 Å². The quantitative estimate of drug-likeness (QED) is 0.350. The Morgan fingerprint density at radius 1 is 1.40 bits per heavy atom. The Hall–Kier alpha value is -1.56. The van der Waals surface area contributed by atoms with Crippen molar-refractivity contribution in [2.45, 2.75) is 0 Å². The fourth-order valence-electron chi connectivity index (χ4n) is 0.968. The number of carbonyl (C=O) groups excluding carboxylic acids is 1. The van der Waals surface area contributed by atoms with Gasteiger partial charge in [-0.2, -0.15) is 4.39 Å². The second-order valence-corrected chi connectivity index (χ2v) is 2.84. The summed E-state index contributed by atoms with van der Waals surface area (Å²) in [6, 6.07) is 1.56. The van der Waals surface area contributed by atoms with Crippen molar-refractivity contribution in [2.75, 3.05) is 5.88 Å². The summed E-state index contributed by atoms with van der Waals surface area (Å²) in [5.74, 6) is -4.55. The minimum Gasteiger partial charge on any atom is -0.293 e. The molecule has 4 nitrogen and oxygen atoms in total. The van der Waals surface area contributed by atoms with Gasteiger partial charge in [0.1, 0.15) is 0 Å². The van der Waals surface area contributed by atoms with Crippen molar-refractivity contribution in [3.8, 4) is 0 Å². The molecule has 15 heavy (non-hydrogen) atoms. The zero-order valence-electron chi connectivity index (χ0n) is 7.17. The number of Topliss-reactive ketones (excluding diaryl/α,β-unsaturated/α-hetero) is 1. The molecule has 0 aliphatic rings. The minimum absolute atomic E-state index is 0.520. The van der Waals surface area contributed by atoms with Crippen LogP contribution in [0.15, 0.2) is 12.1 Å². The molecule has 0 aromatic heterocycles. The van der Waals surface area contributed by atoms with Gasteiger partial charge in [0.15, 0.2) is 11.6 Å². The van der Waals surface area contributed by atoms with Crippen LogP contribution in [0, 0.1) is 21.7 Å². The van der Waals surface area contributed by atoms with E-state index in [1.54, 1.807) is 0 Å². The second-order valence-electron chi connectivity index (χ2n) is 2.57. The van der Waals surface area contributed by atoms with E-state index in [0.29, 0.717) is 0 Å². The first kappa shape index (κ1) is 11.5. The average Bonchev–Trinajstić information content (AvgIpc) is 2.20. The molecule has 0 heterocycles. The fourth-order valence-corrected chi connectivity index (χ4v) is 1.11. The monoisotopic (exact) mass is 235 g/mol. The van der Waals surface area contributed by atoms with Gasteiger partial charge < -0.3 is 0 Å². The van der Waals surface area contributed by atoms with E-state index in [1.165, 1.54) is 0 Å². The van der Waals surface area contributed by atoms with Crippen LogP contribution in [0.2, 0.25) is 0 Å². The summed E-state index contributed by atoms with van der Waals surface area (Å²) in [7, 11) is 0. The van der Waals surface area contributed by atoms with Crippen molar-refractivity contribution in [3.63, 3.8) is 0 Å². The largest absolute Gasteiger partial charge is 0.307 e. The van der Waals surface area contributed by atoms with Gasteiger partial charge in [-0.25, -0.2) is 4.39 Å². The highest BCUT2D eigenvalue weighted by Gasteiger charge is 2.23. The molecule has 0 fully saturated rings. The molecule has 7 heteroatoms. The molecule has 0 unspecified atom stereocenters. The number of benzene rings is 1. The predicted octanol–water partition coefficient (Wildman–Crippen LogP) is 2.29. The third-order valence-corrected chi connectivity index (χ3v) is 1.92. The third kappa shape index (κ3) is 2.10. The molecule has 0 atom stereocenters. The Bertz CT molecular complexity index is 436. The van der Waals surface area contributed by atoms with Crippen LogP contribution in [0.3, 0.4) is 0 Å². The first-order chi connectivity index (χ1) is 6.99. The van der Waals surface area contributed by atoms with Crippen molar-refractivity contribution < 1.29 is 18.5 Å². The summed E-state index contributed by atoms with van der Waals surface area (Å²) in [5.41, 5.74) is -1.60. The standard InChI is InChI=1S/C8H4ClF2NO3/c9-3-6(13)4-1-2-5(12(14)15)8(11)7(4)10/h1-2H,3H2. The molecule has 1 aromatic carbocycles. The van der Waals surface area contributed by atoms with Gasteiger partial charge in [0.2, 0.25) is 5.82 Å². The molecule has 0 radical (unpaired) electrons. The maximum absolute atomic E-state index is 13.1. The molecule has 0 aliphatic carbocycles. The summed E-state index contributed by atoms with van der Waals surface area (Å²) in [5, 5.41) is 10.2. The van der Waals surface area contributed by atoms with Gasteiger partial charge in [0.05, 0.1) is 16.4 Å². The lowest BCUT2D eigenvalue weighted by atomic mass is 10.1. The van der Waals surface area contributed by atoms with E-state index in [4.69, 9.17) is 11.6 Å². The number of nitro groups is 1. The molecule has 0 N–H and O–H groups in total. The first-order valence-corrected chi connectivity index (χ1v) is 4.24. The number of halogens is 3. The van der Waals surface area contributed by atoms with E-state index in [2.05, 4.69) is 0 Å². The number of ketones is 1. The molecule has 0 spiro atoms. The van der Waals surface area contributed by atoms with Gasteiger partial charge in [0.25, 0.3) is 0 Å². The van der Waals surface area contributed by atoms with E-state index in [0.717, 1.165) is 12.1 Å². The number of carbonyl (C=O) groups is 1. The smallest absolute Gasteiger partial charge is 0.293 e. The van der Waals surface area contributed by atoms with Crippen molar-refractivity contribution in [1.82, 2.24) is 0 Å². The van der Waals surface area contributed by atoms with E-state index >= 15 is 0 Å². The normalized spacial score (nSPS) is 10.1. The third-order valence-electron chi connectivity index (χ3n) is 1.68. The summed E-state index contributed by atoms with van der Waals surface area (Å²) >= 11 is 5.14. The van der Waals surface area contributed by atoms with Crippen LogP contribution in [-0.4, -0.2) is 16.6 Å². The van der Waals surface area contributed by atoms with Crippen LogP contribution in [0.1, 0.15) is 10.4 Å². The van der Waals surface area contributed by atoms with E-state index in [9.17, 15) is 23.7 Å². The number of hydrogen-bond acceptors (Lipinski definition) is 3. The minimum atomic E-state index is -1.66. The Labute approximate surface area is 87.6 Å². The van der Waals surface area contributed by atoms with E-state index in [-0.39, 0.29) is 0 Å². The van der Waals surface area contributed by atoms with Gasteiger partial charge in [-0.05, 0) is 6.07 Å². The number of rotatable bonds is 3. The van der Waals surface area contributed by atoms with Crippen molar-refractivity contribution in [2.24, 2.45) is 0 Å². The van der Waals surface area contributed by atoms with Crippen LogP contribution >= 0.6 is 11.6 Å². The maximum atomic E-state index is 13.1. The van der Waals surface area contributed by atoms with Crippen LogP contribution in [0.5, 0.6) is 0 Å². The average molecular weight is 236 g/mol. The molecule has 80 valence electrons. The van der Waals surface area contributed by atoms with Gasteiger partial charge in [-0.15, -0.1) is 11.6 Å². The molecule has 0 aliphatic heterocycles. The molecule has 0 saturated heterocycles. The maximum Gasteiger partial charge on any atom is 0.307 e. The van der Waals surface area contributed by atoms with Crippen molar-refractivity contribution in [3.05, 3.63) is 39.4 Å². The highest BCUT2D eigenvalue weighted by Crippen LogP contribution is 2.22. The van der Waals surface area contributed by atoms with Crippen molar-refractivity contribution >= 4 is 23.1 Å². The van der Waals surface area contributed by atoms with Gasteiger partial charge in [0, 0.05) is 6.07 Å². The van der Waals surface area contributed by atoms with Gasteiger partial charge in [-0.1, -0.05) is 0 Å². The number of nitrogens with zero attached hydrogens (tertiary/aromatic N) is 1. The summed E-state index contributed by atoms with van der Waals surface area (Å²) in [6.07, 6.45) is 0.